The van der Waals surface area contributed by atoms with Crippen LogP contribution < -0.4 is 5.73 Å². The second-order valence-corrected chi connectivity index (χ2v) is 6.93. The molecule has 5 heteroatoms. The van der Waals surface area contributed by atoms with Crippen molar-refractivity contribution in [3.63, 3.8) is 0 Å². The van der Waals surface area contributed by atoms with Crippen molar-refractivity contribution < 1.29 is 4.74 Å². The highest BCUT2D eigenvalue weighted by molar-refractivity contribution is 9.10. The van der Waals surface area contributed by atoms with Crippen molar-refractivity contribution in [1.82, 2.24) is 4.90 Å². The van der Waals surface area contributed by atoms with E-state index in [2.05, 4.69) is 53.2 Å². The molecule has 18 heavy (non-hydrogen) atoms. The Morgan fingerprint density at radius 1 is 1.61 bits per heavy atom. The van der Waals surface area contributed by atoms with E-state index in [0.717, 1.165) is 17.5 Å². The molecule has 4 atom stereocenters. The topological polar surface area (TPSA) is 38.5 Å². The summed E-state index contributed by atoms with van der Waals surface area (Å²) in [7, 11) is 2.16. The maximum Gasteiger partial charge on any atom is 0.0703 e. The minimum atomic E-state index is 0.105. The minimum Gasteiger partial charge on any atom is -0.377 e. The Bertz CT molecular complexity index is 396. The summed E-state index contributed by atoms with van der Waals surface area (Å²) < 4.78 is 6.81. The van der Waals surface area contributed by atoms with Gasteiger partial charge in [-0.2, -0.15) is 0 Å². The lowest BCUT2D eigenvalue weighted by Crippen LogP contribution is -2.45. The normalized spacial score (nSPS) is 27.7. The van der Waals surface area contributed by atoms with Crippen LogP contribution in [0.5, 0.6) is 0 Å². The van der Waals surface area contributed by atoms with Gasteiger partial charge >= 0.3 is 0 Å². The Balaban J connectivity index is 2.19. The lowest BCUT2D eigenvalue weighted by Gasteiger charge is -2.36. The van der Waals surface area contributed by atoms with Crippen molar-refractivity contribution in [2.24, 2.45) is 5.73 Å². The third-order valence-corrected chi connectivity index (χ3v) is 5.44. The van der Waals surface area contributed by atoms with Crippen molar-refractivity contribution in [2.45, 2.75) is 44.5 Å². The molecule has 1 saturated heterocycles. The van der Waals surface area contributed by atoms with E-state index in [9.17, 15) is 0 Å². The molecule has 1 fully saturated rings. The van der Waals surface area contributed by atoms with Crippen LogP contribution in [0.2, 0.25) is 0 Å². The molecule has 102 valence electrons. The summed E-state index contributed by atoms with van der Waals surface area (Å²) in [6, 6.07) is 3.00. The van der Waals surface area contributed by atoms with Gasteiger partial charge in [0.05, 0.1) is 12.1 Å². The maximum absolute atomic E-state index is 6.20. The van der Waals surface area contributed by atoms with Crippen LogP contribution in [0, 0.1) is 0 Å². The molecule has 1 aromatic rings. The van der Waals surface area contributed by atoms with Gasteiger partial charge in [-0.25, -0.2) is 0 Å². The van der Waals surface area contributed by atoms with Gasteiger partial charge in [-0.15, -0.1) is 11.3 Å². The molecule has 3 nitrogen and oxygen atoms in total. The SMILES string of the molecule is CC(N)C(c1cc(Br)cs1)N(C)C1CCOC1C. The van der Waals surface area contributed by atoms with Gasteiger partial charge < -0.3 is 10.5 Å². The van der Waals surface area contributed by atoms with Crippen molar-refractivity contribution in [3.8, 4) is 0 Å². The van der Waals surface area contributed by atoms with E-state index in [1.807, 2.05) is 0 Å². The predicted molar refractivity (Wildman–Crippen MR) is 80.0 cm³/mol. The van der Waals surface area contributed by atoms with Gasteiger partial charge in [-0.3, -0.25) is 4.90 Å². The largest absolute Gasteiger partial charge is 0.377 e. The predicted octanol–water partition coefficient (Wildman–Crippen LogP) is 3.01. The lowest BCUT2D eigenvalue weighted by molar-refractivity contribution is 0.0633. The molecule has 0 aromatic carbocycles. The lowest BCUT2D eigenvalue weighted by atomic mass is 10.0. The Morgan fingerprint density at radius 2 is 2.33 bits per heavy atom. The van der Waals surface area contributed by atoms with E-state index in [0.29, 0.717) is 12.1 Å². The number of nitrogens with two attached hydrogens (primary N) is 1. The molecular weight excluding hydrogens is 312 g/mol. The first-order chi connectivity index (χ1) is 8.50. The molecule has 2 N–H and O–H groups in total. The monoisotopic (exact) mass is 332 g/mol. The fourth-order valence-corrected chi connectivity index (χ4v) is 4.49. The summed E-state index contributed by atoms with van der Waals surface area (Å²) in [5, 5.41) is 2.12. The summed E-state index contributed by atoms with van der Waals surface area (Å²) in [6.45, 7) is 5.09. The van der Waals surface area contributed by atoms with E-state index in [4.69, 9.17) is 10.5 Å². The highest BCUT2D eigenvalue weighted by Gasteiger charge is 2.34. The second kappa shape index (κ2) is 6.01. The standard InChI is InChI=1S/C13H21BrN2OS/c1-8(15)13(12-6-10(14)7-18-12)16(3)11-4-5-17-9(11)2/h6-9,11,13H,4-5,15H2,1-3H3. The molecule has 0 aliphatic carbocycles. The van der Waals surface area contributed by atoms with Crippen LogP contribution in [-0.4, -0.2) is 36.7 Å². The number of rotatable bonds is 4. The van der Waals surface area contributed by atoms with Crippen LogP contribution in [0.1, 0.15) is 31.2 Å². The third-order valence-electron chi connectivity index (χ3n) is 3.68. The van der Waals surface area contributed by atoms with Crippen LogP contribution in [0.4, 0.5) is 0 Å². The second-order valence-electron chi connectivity index (χ2n) is 5.07. The first-order valence-electron chi connectivity index (χ1n) is 6.33. The minimum absolute atomic E-state index is 0.105. The summed E-state index contributed by atoms with van der Waals surface area (Å²) in [4.78, 5) is 3.71. The smallest absolute Gasteiger partial charge is 0.0703 e. The zero-order valence-corrected chi connectivity index (χ0v) is 13.5. The van der Waals surface area contributed by atoms with Crippen LogP contribution >= 0.6 is 27.3 Å². The first kappa shape index (κ1) is 14.5. The molecule has 2 rings (SSSR count). The van der Waals surface area contributed by atoms with Crippen LogP contribution in [0.25, 0.3) is 0 Å². The molecular formula is C13H21BrN2OS. The van der Waals surface area contributed by atoms with E-state index in [1.54, 1.807) is 11.3 Å². The number of likely N-dealkylation sites (N-methyl/N-ethyl adjacent to an activating group) is 1. The fraction of sp³-hybridized carbons (Fsp3) is 0.692. The first-order valence-corrected chi connectivity index (χ1v) is 8.01. The van der Waals surface area contributed by atoms with Gasteiger partial charge in [0, 0.05) is 33.4 Å². The van der Waals surface area contributed by atoms with Gasteiger partial charge in [0.15, 0.2) is 0 Å². The van der Waals surface area contributed by atoms with Crippen LogP contribution in [0.15, 0.2) is 15.9 Å². The highest BCUT2D eigenvalue weighted by atomic mass is 79.9. The van der Waals surface area contributed by atoms with Crippen molar-refractivity contribution in [3.05, 3.63) is 20.8 Å². The van der Waals surface area contributed by atoms with Crippen molar-refractivity contribution >= 4 is 27.3 Å². The average Bonchev–Trinajstić information content (AvgIpc) is 2.87. The summed E-state index contributed by atoms with van der Waals surface area (Å²) in [5.74, 6) is 0. The molecule has 4 unspecified atom stereocenters. The van der Waals surface area contributed by atoms with Crippen molar-refractivity contribution in [2.75, 3.05) is 13.7 Å². The number of hydrogen-bond acceptors (Lipinski definition) is 4. The summed E-state index contributed by atoms with van der Waals surface area (Å²) >= 11 is 5.29. The average molecular weight is 333 g/mol. The number of nitrogens with zero attached hydrogens (tertiary/aromatic N) is 1. The fourth-order valence-electron chi connectivity index (χ4n) is 2.78. The summed E-state index contributed by atoms with van der Waals surface area (Å²) in [6.07, 6.45) is 1.38. The molecule has 2 heterocycles. The molecule has 1 aliphatic rings. The van der Waals surface area contributed by atoms with Gasteiger partial charge in [0.1, 0.15) is 0 Å². The van der Waals surface area contributed by atoms with Crippen LogP contribution in [-0.2, 0) is 4.74 Å². The van der Waals surface area contributed by atoms with E-state index >= 15 is 0 Å². The third kappa shape index (κ3) is 2.96. The van der Waals surface area contributed by atoms with Gasteiger partial charge in [-0.1, -0.05) is 0 Å². The Morgan fingerprint density at radius 3 is 2.78 bits per heavy atom. The Hall–Kier alpha value is 0.0600. The highest BCUT2D eigenvalue weighted by Crippen LogP contribution is 2.34. The Kier molecular flexibility index (Phi) is 4.83. The molecule has 0 radical (unpaired) electrons. The van der Waals surface area contributed by atoms with E-state index in [-0.39, 0.29) is 12.1 Å². The van der Waals surface area contributed by atoms with E-state index < -0.39 is 0 Å². The molecule has 1 aliphatic heterocycles. The number of ether oxygens (including phenoxy) is 1. The Labute approximate surface area is 121 Å². The van der Waals surface area contributed by atoms with Gasteiger partial charge in [0.25, 0.3) is 0 Å². The zero-order chi connectivity index (χ0) is 13.3. The summed E-state index contributed by atoms with van der Waals surface area (Å²) in [5.41, 5.74) is 6.20. The van der Waals surface area contributed by atoms with Gasteiger partial charge in [-0.05, 0) is 49.3 Å². The van der Waals surface area contributed by atoms with Gasteiger partial charge in [0.2, 0.25) is 0 Å². The number of thiophene rings is 1. The molecule has 0 bridgehead atoms. The quantitative estimate of drug-likeness (QED) is 0.921. The van der Waals surface area contributed by atoms with Crippen LogP contribution in [0.3, 0.4) is 0 Å². The van der Waals surface area contributed by atoms with Crippen molar-refractivity contribution in [1.29, 1.82) is 0 Å². The number of hydrogen-bond donors (Lipinski definition) is 1. The molecule has 0 spiro atoms. The molecule has 1 aromatic heterocycles. The molecule has 0 amide bonds. The maximum atomic E-state index is 6.20. The number of halogens is 1. The molecule has 0 saturated carbocycles. The van der Waals surface area contributed by atoms with E-state index in [1.165, 1.54) is 4.88 Å². The zero-order valence-electron chi connectivity index (χ0n) is 11.1.